The molecule has 3 aromatic rings. The number of halogens is 1. The minimum Gasteiger partial charge on any atom is -0.463 e. The molecule has 0 amide bonds. The number of hydrogen-bond donors (Lipinski definition) is 1. The van der Waals surface area contributed by atoms with Gasteiger partial charge >= 0.3 is 5.97 Å². The summed E-state index contributed by atoms with van der Waals surface area (Å²) in [5.41, 5.74) is 2.76. The molecule has 6 heteroatoms. The third kappa shape index (κ3) is 7.32. The van der Waals surface area contributed by atoms with Crippen LogP contribution in [0.15, 0.2) is 72.9 Å². The summed E-state index contributed by atoms with van der Waals surface area (Å²) in [6.45, 7) is 3.86. The van der Waals surface area contributed by atoms with Crippen LogP contribution >= 0.6 is 0 Å². The Hall–Kier alpha value is -2.96. The van der Waals surface area contributed by atoms with Gasteiger partial charge in [-0.2, -0.15) is 0 Å². The van der Waals surface area contributed by atoms with Crippen molar-refractivity contribution in [2.45, 2.75) is 45.5 Å². The van der Waals surface area contributed by atoms with Crippen LogP contribution in [0.5, 0.6) is 0 Å². The Morgan fingerprint density at radius 2 is 1.81 bits per heavy atom. The molecule has 0 saturated heterocycles. The van der Waals surface area contributed by atoms with Crippen LogP contribution in [0, 0.1) is 5.82 Å². The third-order valence-corrected chi connectivity index (χ3v) is 5.22. The van der Waals surface area contributed by atoms with Crippen LogP contribution in [0.4, 0.5) is 4.39 Å². The molecule has 3 rings (SSSR count). The lowest BCUT2D eigenvalue weighted by atomic mass is 10.2. The number of nitrogens with zero attached hydrogens (tertiary/aromatic N) is 2. The maximum absolute atomic E-state index is 14.1. The molecular weight excluding hydrogens is 407 g/mol. The summed E-state index contributed by atoms with van der Waals surface area (Å²) in [5, 5.41) is 10.5. The Morgan fingerprint density at radius 1 is 1.06 bits per heavy atom. The fourth-order valence-corrected chi connectivity index (χ4v) is 3.63. The van der Waals surface area contributed by atoms with E-state index in [0.29, 0.717) is 44.6 Å². The number of aromatic nitrogens is 1. The highest BCUT2D eigenvalue weighted by Crippen LogP contribution is 2.15. The number of benzene rings is 2. The number of aliphatic hydroxyl groups is 1. The quantitative estimate of drug-likeness (QED) is 0.427. The molecule has 1 unspecified atom stereocenters. The van der Waals surface area contributed by atoms with Crippen LogP contribution in [-0.4, -0.2) is 39.8 Å². The number of esters is 1. The number of aliphatic hydroxyl groups excluding tert-OH is 1. The molecule has 0 fully saturated rings. The monoisotopic (exact) mass is 438 g/mol. The zero-order valence-corrected chi connectivity index (χ0v) is 18.5. The molecule has 0 saturated carbocycles. The first kappa shape index (κ1) is 23.7. The molecule has 0 spiro atoms. The second-order valence-corrected chi connectivity index (χ2v) is 7.96. The Morgan fingerprint density at radius 3 is 2.56 bits per heavy atom. The van der Waals surface area contributed by atoms with Gasteiger partial charge in [0.2, 0.25) is 0 Å². The van der Waals surface area contributed by atoms with E-state index in [0.717, 1.165) is 11.3 Å². The zero-order valence-electron chi connectivity index (χ0n) is 18.5. The zero-order chi connectivity index (χ0) is 22.8. The Labute approximate surface area is 189 Å². The maximum atomic E-state index is 14.1. The van der Waals surface area contributed by atoms with Gasteiger partial charge in [-0.05, 0) is 30.2 Å². The summed E-state index contributed by atoms with van der Waals surface area (Å²) in [6.07, 6.45) is 2.21. The highest BCUT2D eigenvalue weighted by molar-refractivity contribution is 5.69. The first-order chi connectivity index (χ1) is 15.5. The molecule has 0 radical (unpaired) electrons. The second kappa shape index (κ2) is 12.2. The van der Waals surface area contributed by atoms with Gasteiger partial charge in [0.15, 0.2) is 0 Å². The van der Waals surface area contributed by atoms with Crippen molar-refractivity contribution in [2.24, 2.45) is 0 Å². The van der Waals surface area contributed by atoms with Gasteiger partial charge in [0.05, 0.1) is 6.54 Å². The number of ether oxygens (including phenoxy) is 1. The number of hydrogen-bond acceptors (Lipinski definition) is 4. The van der Waals surface area contributed by atoms with Crippen LogP contribution in [-0.2, 0) is 29.2 Å². The van der Waals surface area contributed by atoms with Crippen LogP contribution in [0.2, 0.25) is 0 Å². The standard InChI is InChI=1S/C26H31FN2O3/c1-2-9-26(31)32-20-24(30)19-28(16-21-10-4-3-5-11-21)18-23-13-8-15-29(23)17-22-12-6-7-14-25(22)27/h3-8,10-15,24,30H,2,9,16-20H2,1H3. The van der Waals surface area contributed by atoms with E-state index in [-0.39, 0.29) is 18.4 Å². The topological polar surface area (TPSA) is 54.7 Å². The van der Waals surface area contributed by atoms with E-state index < -0.39 is 6.10 Å². The van der Waals surface area contributed by atoms with Gasteiger partial charge in [0.25, 0.3) is 0 Å². The molecule has 2 aromatic carbocycles. The van der Waals surface area contributed by atoms with E-state index in [1.165, 1.54) is 6.07 Å². The van der Waals surface area contributed by atoms with Crippen molar-refractivity contribution in [3.8, 4) is 0 Å². The summed E-state index contributed by atoms with van der Waals surface area (Å²) < 4.78 is 21.3. The molecular formula is C26H31FN2O3. The largest absolute Gasteiger partial charge is 0.463 e. The Kier molecular flexibility index (Phi) is 9.01. The second-order valence-electron chi connectivity index (χ2n) is 7.96. The van der Waals surface area contributed by atoms with Gasteiger partial charge in [-0.15, -0.1) is 0 Å². The fraction of sp³-hybridized carbons (Fsp3) is 0.346. The van der Waals surface area contributed by atoms with Gasteiger partial charge in [0.1, 0.15) is 18.5 Å². The normalized spacial score (nSPS) is 12.1. The fourth-order valence-electron chi connectivity index (χ4n) is 3.63. The average Bonchev–Trinajstić information content (AvgIpc) is 3.21. The molecule has 1 aromatic heterocycles. The van der Waals surface area contributed by atoms with Crippen molar-refractivity contribution in [3.05, 3.63) is 95.6 Å². The summed E-state index contributed by atoms with van der Waals surface area (Å²) in [6, 6.07) is 20.7. The molecule has 1 atom stereocenters. The van der Waals surface area contributed by atoms with E-state index in [4.69, 9.17) is 4.74 Å². The van der Waals surface area contributed by atoms with E-state index >= 15 is 0 Å². The molecule has 0 aliphatic heterocycles. The molecule has 0 aliphatic rings. The molecule has 0 bridgehead atoms. The van der Waals surface area contributed by atoms with Crippen LogP contribution < -0.4 is 0 Å². The van der Waals surface area contributed by atoms with Crippen LogP contribution in [0.25, 0.3) is 0 Å². The van der Waals surface area contributed by atoms with Gasteiger partial charge in [-0.3, -0.25) is 9.69 Å². The van der Waals surface area contributed by atoms with E-state index in [1.54, 1.807) is 12.1 Å². The summed E-state index contributed by atoms with van der Waals surface area (Å²) in [4.78, 5) is 13.8. The average molecular weight is 439 g/mol. The molecule has 170 valence electrons. The van der Waals surface area contributed by atoms with E-state index in [9.17, 15) is 14.3 Å². The van der Waals surface area contributed by atoms with E-state index in [2.05, 4.69) is 4.90 Å². The Balaban J connectivity index is 1.69. The number of carbonyl (C=O) groups is 1. The minimum absolute atomic E-state index is 0.0274. The van der Waals surface area contributed by atoms with Gasteiger partial charge in [0, 0.05) is 43.5 Å². The van der Waals surface area contributed by atoms with Gasteiger partial charge in [-0.1, -0.05) is 55.5 Å². The molecule has 5 nitrogen and oxygen atoms in total. The lowest BCUT2D eigenvalue weighted by Gasteiger charge is -2.26. The van der Waals surface area contributed by atoms with Crippen molar-refractivity contribution >= 4 is 5.97 Å². The lowest BCUT2D eigenvalue weighted by molar-refractivity contribution is -0.147. The van der Waals surface area contributed by atoms with Crippen molar-refractivity contribution in [1.29, 1.82) is 0 Å². The Bertz CT molecular complexity index is 974. The third-order valence-electron chi connectivity index (χ3n) is 5.22. The van der Waals surface area contributed by atoms with Crippen molar-refractivity contribution in [3.63, 3.8) is 0 Å². The van der Waals surface area contributed by atoms with Crippen molar-refractivity contribution < 1.29 is 19.0 Å². The van der Waals surface area contributed by atoms with Crippen LogP contribution in [0.1, 0.15) is 36.6 Å². The van der Waals surface area contributed by atoms with Crippen molar-refractivity contribution in [2.75, 3.05) is 13.2 Å². The molecule has 1 N–H and O–H groups in total. The SMILES string of the molecule is CCCC(=O)OCC(O)CN(Cc1ccccc1)Cc1cccn1Cc1ccccc1F. The van der Waals surface area contributed by atoms with Gasteiger partial charge in [-0.25, -0.2) is 4.39 Å². The first-order valence-corrected chi connectivity index (χ1v) is 11.0. The van der Waals surface area contributed by atoms with Crippen molar-refractivity contribution in [1.82, 2.24) is 9.47 Å². The summed E-state index contributed by atoms with van der Waals surface area (Å²) in [5.74, 6) is -0.516. The predicted molar refractivity (Wildman–Crippen MR) is 122 cm³/mol. The number of carbonyl (C=O) groups excluding carboxylic acids is 1. The minimum atomic E-state index is -0.797. The summed E-state index contributed by atoms with van der Waals surface area (Å²) in [7, 11) is 0. The number of rotatable bonds is 12. The highest BCUT2D eigenvalue weighted by Gasteiger charge is 2.17. The van der Waals surface area contributed by atoms with Crippen LogP contribution in [0.3, 0.4) is 0 Å². The first-order valence-electron chi connectivity index (χ1n) is 11.0. The lowest BCUT2D eigenvalue weighted by Crippen LogP contribution is -2.35. The summed E-state index contributed by atoms with van der Waals surface area (Å²) >= 11 is 0. The highest BCUT2D eigenvalue weighted by atomic mass is 19.1. The van der Waals surface area contributed by atoms with E-state index in [1.807, 2.05) is 66.2 Å². The smallest absolute Gasteiger partial charge is 0.305 e. The molecule has 0 aliphatic carbocycles. The predicted octanol–water partition coefficient (Wildman–Crippen LogP) is 4.38. The van der Waals surface area contributed by atoms with Gasteiger partial charge < -0.3 is 14.4 Å². The molecule has 1 heterocycles. The molecule has 32 heavy (non-hydrogen) atoms. The maximum Gasteiger partial charge on any atom is 0.305 e.